The molecule has 0 bridgehead atoms. The smallest absolute Gasteiger partial charge is 0.339 e. The molecule has 0 aromatic carbocycles. The van der Waals surface area contributed by atoms with Crippen LogP contribution in [0.3, 0.4) is 0 Å². The number of amides is 1. The maximum Gasteiger partial charge on any atom is 0.339 e. The Balaban J connectivity index is 2.16. The molecule has 1 aromatic heterocycles. The van der Waals surface area contributed by atoms with Crippen LogP contribution in [0.25, 0.3) is 0 Å². The van der Waals surface area contributed by atoms with E-state index in [1.165, 1.54) is 7.11 Å². The Labute approximate surface area is 154 Å². The van der Waals surface area contributed by atoms with E-state index in [2.05, 4.69) is 5.32 Å². The lowest BCUT2D eigenvalue weighted by atomic mass is 9.81. The summed E-state index contributed by atoms with van der Waals surface area (Å²) in [6.07, 6.45) is 3.98. The van der Waals surface area contributed by atoms with Crippen LogP contribution in [-0.2, 0) is 25.6 Å². The molecule has 1 aromatic rings. The lowest BCUT2D eigenvalue weighted by Gasteiger charge is -2.35. The molecule has 26 heavy (non-hydrogen) atoms. The van der Waals surface area contributed by atoms with Gasteiger partial charge in [-0.1, -0.05) is 19.3 Å². The number of aromatic nitrogens is 1. The second-order valence-electron chi connectivity index (χ2n) is 6.77. The van der Waals surface area contributed by atoms with Gasteiger partial charge in [-0.2, -0.15) is 0 Å². The minimum absolute atomic E-state index is 0.0375. The molecule has 7 heteroatoms. The van der Waals surface area contributed by atoms with E-state index in [0.29, 0.717) is 30.7 Å². The summed E-state index contributed by atoms with van der Waals surface area (Å²) in [6, 6.07) is 1.72. The van der Waals surface area contributed by atoms with E-state index in [9.17, 15) is 14.4 Å². The average molecular weight is 364 g/mol. The first-order valence-corrected chi connectivity index (χ1v) is 9.08. The van der Waals surface area contributed by atoms with Gasteiger partial charge in [0.05, 0.1) is 19.3 Å². The molecule has 0 radical (unpaired) electrons. The minimum atomic E-state index is -0.941. The number of hydrogen-bond acceptors (Lipinski definition) is 5. The monoisotopic (exact) mass is 364 g/mol. The van der Waals surface area contributed by atoms with Crippen LogP contribution >= 0.6 is 0 Å². The van der Waals surface area contributed by atoms with Gasteiger partial charge in [-0.15, -0.1) is 0 Å². The van der Waals surface area contributed by atoms with Gasteiger partial charge in [0.25, 0.3) is 0 Å². The third kappa shape index (κ3) is 4.08. The first-order chi connectivity index (χ1) is 12.3. The van der Waals surface area contributed by atoms with Gasteiger partial charge in [0.15, 0.2) is 0 Å². The number of aryl methyl sites for hydroxylation is 1. The van der Waals surface area contributed by atoms with Crippen molar-refractivity contribution in [2.75, 3.05) is 13.7 Å². The Kier molecular flexibility index (Phi) is 6.45. The first-order valence-electron chi connectivity index (χ1n) is 9.08. The van der Waals surface area contributed by atoms with E-state index in [0.717, 1.165) is 25.0 Å². The SMILES string of the molecule is CCOC(=O)c1cc(C)n(CC(=O)NC2(C(=O)OC)CCCCC2)c1C. The van der Waals surface area contributed by atoms with E-state index in [1.54, 1.807) is 24.5 Å². The molecule has 1 N–H and O–H groups in total. The third-order valence-corrected chi connectivity index (χ3v) is 5.03. The molecular weight excluding hydrogens is 336 g/mol. The van der Waals surface area contributed by atoms with Gasteiger partial charge in [-0.05, 0) is 39.7 Å². The predicted octanol–water partition coefficient (Wildman–Crippen LogP) is 2.27. The fraction of sp³-hybridized carbons (Fsp3) is 0.632. The summed E-state index contributed by atoms with van der Waals surface area (Å²) in [5.41, 5.74) is 0.976. The van der Waals surface area contributed by atoms with Crippen LogP contribution in [0.4, 0.5) is 0 Å². The normalized spacial score (nSPS) is 16.0. The van der Waals surface area contributed by atoms with Crippen LogP contribution in [0.5, 0.6) is 0 Å². The highest BCUT2D eigenvalue weighted by atomic mass is 16.5. The van der Waals surface area contributed by atoms with E-state index >= 15 is 0 Å². The van der Waals surface area contributed by atoms with Crippen molar-refractivity contribution in [1.29, 1.82) is 0 Å². The first kappa shape index (κ1) is 20.0. The Morgan fingerprint density at radius 1 is 1.19 bits per heavy atom. The summed E-state index contributed by atoms with van der Waals surface area (Å²) in [4.78, 5) is 36.9. The molecule has 0 saturated heterocycles. The van der Waals surface area contributed by atoms with Crippen LogP contribution in [-0.4, -0.2) is 41.7 Å². The highest BCUT2D eigenvalue weighted by Gasteiger charge is 2.42. The number of esters is 2. The van der Waals surface area contributed by atoms with Crippen LogP contribution in [0, 0.1) is 13.8 Å². The molecule has 144 valence electrons. The van der Waals surface area contributed by atoms with Crippen molar-refractivity contribution in [1.82, 2.24) is 9.88 Å². The topological polar surface area (TPSA) is 86.6 Å². The van der Waals surface area contributed by atoms with Gasteiger partial charge in [0, 0.05) is 11.4 Å². The summed E-state index contributed by atoms with van der Waals surface area (Å²) < 4.78 is 11.7. The molecule has 1 fully saturated rings. The zero-order valence-electron chi connectivity index (χ0n) is 16.0. The Morgan fingerprint density at radius 2 is 1.85 bits per heavy atom. The van der Waals surface area contributed by atoms with Crippen molar-refractivity contribution in [2.45, 2.75) is 65.0 Å². The van der Waals surface area contributed by atoms with Crippen LogP contribution in [0.1, 0.15) is 60.8 Å². The van der Waals surface area contributed by atoms with Crippen LogP contribution < -0.4 is 5.32 Å². The van der Waals surface area contributed by atoms with Crippen molar-refractivity contribution in [3.8, 4) is 0 Å². The molecule has 1 amide bonds. The second-order valence-corrected chi connectivity index (χ2v) is 6.77. The molecule has 1 aliphatic carbocycles. The summed E-state index contributed by atoms with van der Waals surface area (Å²) in [6.45, 7) is 5.70. The van der Waals surface area contributed by atoms with Crippen LogP contribution in [0.2, 0.25) is 0 Å². The molecule has 7 nitrogen and oxygen atoms in total. The van der Waals surface area contributed by atoms with E-state index in [-0.39, 0.29) is 12.5 Å². The number of rotatable bonds is 6. The molecule has 0 atom stereocenters. The Morgan fingerprint density at radius 3 is 2.42 bits per heavy atom. The molecule has 0 aliphatic heterocycles. The van der Waals surface area contributed by atoms with Crippen molar-refractivity contribution in [3.63, 3.8) is 0 Å². The van der Waals surface area contributed by atoms with Crippen molar-refractivity contribution >= 4 is 17.8 Å². The molecule has 1 aliphatic rings. The quantitative estimate of drug-likeness (QED) is 0.783. The molecular formula is C19H28N2O5. The largest absolute Gasteiger partial charge is 0.467 e. The fourth-order valence-corrected chi connectivity index (χ4v) is 3.64. The van der Waals surface area contributed by atoms with Crippen molar-refractivity contribution in [3.05, 3.63) is 23.0 Å². The summed E-state index contributed by atoms with van der Waals surface area (Å²) in [5.74, 6) is -1.06. The Hall–Kier alpha value is -2.31. The number of hydrogen-bond donors (Lipinski definition) is 1. The second kappa shape index (κ2) is 8.38. The zero-order chi connectivity index (χ0) is 19.3. The van der Waals surface area contributed by atoms with Crippen molar-refractivity contribution < 1.29 is 23.9 Å². The number of methoxy groups -OCH3 is 1. The maximum absolute atomic E-state index is 12.7. The third-order valence-electron chi connectivity index (χ3n) is 5.03. The number of ether oxygens (including phenoxy) is 2. The number of carbonyl (C=O) groups is 3. The average Bonchev–Trinajstić information content (AvgIpc) is 2.90. The molecule has 0 unspecified atom stereocenters. The maximum atomic E-state index is 12.7. The van der Waals surface area contributed by atoms with E-state index in [4.69, 9.17) is 9.47 Å². The number of nitrogens with zero attached hydrogens (tertiary/aromatic N) is 1. The van der Waals surface area contributed by atoms with Gasteiger partial charge >= 0.3 is 11.9 Å². The fourth-order valence-electron chi connectivity index (χ4n) is 3.64. The van der Waals surface area contributed by atoms with E-state index < -0.39 is 17.5 Å². The standard InChI is InChI=1S/C19H28N2O5/c1-5-26-17(23)15-11-13(2)21(14(15)3)12-16(22)20-19(18(24)25-4)9-7-6-8-10-19/h11H,5-10,12H2,1-4H3,(H,20,22). The highest BCUT2D eigenvalue weighted by Crippen LogP contribution is 2.29. The molecule has 0 spiro atoms. The van der Waals surface area contributed by atoms with Crippen LogP contribution in [0.15, 0.2) is 6.07 Å². The zero-order valence-corrected chi connectivity index (χ0v) is 16.0. The van der Waals surface area contributed by atoms with Crippen molar-refractivity contribution in [2.24, 2.45) is 0 Å². The molecule has 1 saturated carbocycles. The summed E-state index contributed by atoms with van der Waals surface area (Å²) in [7, 11) is 1.34. The van der Waals surface area contributed by atoms with Gasteiger partial charge < -0.3 is 19.4 Å². The molecule has 1 heterocycles. The lowest BCUT2D eigenvalue weighted by Crippen LogP contribution is -2.56. The number of nitrogens with one attached hydrogen (secondary N) is 1. The highest BCUT2D eigenvalue weighted by molar-refractivity contribution is 5.92. The summed E-state index contributed by atoms with van der Waals surface area (Å²) in [5, 5.41) is 2.90. The van der Waals surface area contributed by atoms with E-state index in [1.807, 2.05) is 6.92 Å². The Bertz CT molecular complexity index is 686. The van der Waals surface area contributed by atoms with Gasteiger partial charge in [0.2, 0.25) is 5.91 Å². The van der Waals surface area contributed by atoms with Gasteiger partial charge in [-0.3, -0.25) is 4.79 Å². The van der Waals surface area contributed by atoms with Gasteiger partial charge in [0.1, 0.15) is 12.1 Å². The lowest BCUT2D eigenvalue weighted by molar-refractivity contribution is -0.152. The predicted molar refractivity (Wildman–Crippen MR) is 95.8 cm³/mol. The minimum Gasteiger partial charge on any atom is -0.467 e. The number of carbonyl (C=O) groups excluding carboxylic acids is 3. The van der Waals surface area contributed by atoms with Gasteiger partial charge in [-0.25, -0.2) is 9.59 Å². The molecule has 2 rings (SSSR count). The summed E-state index contributed by atoms with van der Waals surface area (Å²) >= 11 is 0.